The van der Waals surface area contributed by atoms with Gasteiger partial charge in [0.2, 0.25) is 0 Å². The molecule has 4 nitrogen and oxygen atoms in total. The van der Waals surface area contributed by atoms with E-state index >= 15 is 0 Å². The van der Waals surface area contributed by atoms with Gasteiger partial charge in [0, 0.05) is 5.25 Å². The Morgan fingerprint density at radius 2 is 1.45 bits per heavy atom. The Morgan fingerprint density at radius 1 is 1.00 bits per heavy atom. The summed E-state index contributed by atoms with van der Waals surface area (Å²) in [6.45, 7) is 3.56. The molecule has 2 unspecified atom stereocenters. The van der Waals surface area contributed by atoms with Gasteiger partial charge in [0.05, 0.1) is 16.2 Å². The predicted molar refractivity (Wildman–Crippen MR) is 77.0 cm³/mol. The summed E-state index contributed by atoms with van der Waals surface area (Å²) in [5.41, 5.74) is 0. The van der Waals surface area contributed by atoms with E-state index < -0.39 is 21.5 Å². The summed E-state index contributed by atoms with van der Waals surface area (Å²) < 4.78 is 32.1. The molecule has 1 N–H and O–H groups in total. The molecular formula is C14H29KO4S. The minimum absolute atomic E-state index is 0. The van der Waals surface area contributed by atoms with Crippen LogP contribution >= 0.6 is 0 Å². The normalized spacial score (nSPS) is 14.6. The third kappa shape index (κ3) is 14.4. The molecule has 0 amide bonds. The van der Waals surface area contributed by atoms with Crippen LogP contribution in [0.25, 0.3) is 0 Å². The molecule has 6 heteroatoms. The van der Waals surface area contributed by atoms with Crippen LogP contribution in [0.1, 0.15) is 78.1 Å². The fraction of sp³-hybridized carbons (Fsp3) is 1.00. The van der Waals surface area contributed by atoms with Gasteiger partial charge in [-0.05, 0) is 19.8 Å². The first-order valence-corrected chi connectivity index (χ1v) is 8.97. The molecule has 0 spiro atoms. The Labute approximate surface area is 167 Å². The summed E-state index contributed by atoms with van der Waals surface area (Å²) in [6.07, 6.45) is 9.51. The first kappa shape index (κ1) is 23.8. The van der Waals surface area contributed by atoms with E-state index in [1.165, 1.54) is 45.4 Å². The maximum absolute atomic E-state index is 10.7. The molecule has 0 radical (unpaired) electrons. The predicted octanol–water partition coefficient (Wildman–Crippen LogP) is 0.206. The maximum atomic E-state index is 10.7. The molecule has 0 aliphatic rings. The van der Waals surface area contributed by atoms with Crippen LogP contribution in [-0.4, -0.2) is 29.4 Å². The van der Waals surface area contributed by atoms with E-state index in [1.54, 1.807) is 0 Å². The Kier molecular flexibility index (Phi) is 16.8. The van der Waals surface area contributed by atoms with E-state index in [2.05, 4.69) is 6.92 Å². The van der Waals surface area contributed by atoms with Gasteiger partial charge in [-0.2, -0.15) is 0 Å². The van der Waals surface area contributed by atoms with Crippen LogP contribution in [0.2, 0.25) is 0 Å². The summed E-state index contributed by atoms with van der Waals surface area (Å²) >= 11 is 0. The fourth-order valence-electron chi connectivity index (χ4n) is 2.13. The maximum Gasteiger partial charge on any atom is 1.00 e. The Hall–Kier alpha value is 1.51. The second kappa shape index (κ2) is 14.1. The first-order chi connectivity index (χ1) is 8.88. The standard InChI is InChI=1S/C14H30O4S.K/c1-3-4-5-6-7-8-9-10-11-14(15)12-13(2)19(16,17)18;/h13-15H,3-12H2,1-2H3,(H,16,17,18);/q;+1/p-1. The van der Waals surface area contributed by atoms with Crippen LogP contribution in [0, 0.1) is 0 Å². The van der Waals surface area contributed by atoms with Crippen molar-refractivity contribution in [3.05, 3.63) is 0 Å². The van der Waals surface area contributed by atoms with E-state index in [9.17, 15) is 18.1 Å². The second-order valence-electron chi connectivity index (χ2n) is 5.46. The molecule has 0 saturated heterocycles. The number of hydrogen-bond donors (Lipinski definition) is 1. The molecule has 20 heavy (non-hydrogen) atoms. The zero-order valence-electron chi connectivity index (χ0n) is 13.3. The molecule has 116 valence electrons. The Morgan fingerprint density at radius 3 is 1.90 bits per heavy atom. The topological polar surface area (TPSA) is 77.4 Å². The van der Waals surface area contributed by atoms with Crippen LogP contribution in [-0.2, 0) is 10.1 Å². The molecule has 0 aliphatic heterocycles. The van der Waals surface area contributed by atoms with Gasteiger partial charge in [0.25, 0.3) is 0 Å². The van der Waals surface area contributed by atoms with E-state index in [0.29, 0.717) is 6.42 Å². The summed E-state index contributed by atoms with van der Waals surface area (Å²) in [7, 11) is -4.26. The number of hydrogen-bond acceptors (Lipinski definition) is 4. The number of rotatable bonds is 12. The van der Waals surface area contributed by atoms with Gasteiger partial charge >= 0.3 is 51.4 Å². The van der Waals surface area contributed by atoms with E-state index in [0.717, 1.165) is 12.8 Å². The van der Waals surface area contributed by atoms with Gasteiger partial charge in [0.1, 0.15) is 0 Å². The van der Waals surface area contributed by atoms with Gasteiger partial charge in [-0.3, -0.25) is 0 Å². The average molecular weight is 333 g/mol. The average Bonchev–Trinajstić information content (AvgIpc) is 2.31. The van der Waals surface area contributed by atoms with Crippen molar-refractivity contribution in [3.8, 4) is 0 Å². The number of aliphatic hydroxyl groups excluding tert-OH is 1. The largest absolute Gasteiger partial charge is 1.00 e. The fourth-order valence-corrected chi connectivity index (χ4v) is 2.59. The quantitative estimate of drug-likeness (QED) is 0.315. The van der Waals surface area contributed by atoms with Crippen LogP contribution < -0.4 is 51.4 Å². The smallest absolute Gasteiger partial charge is 0.748 e. The molecule has 0 fully saturated rings. The van der Waals surface area contributed by atoms with Crippen LogP contribution in [0.4, 0.5) is 0 Å². The molecule has 0 aliphatic carbocycles. The van der Waals surface area contributed by atoms with Crippen molar-refractivity contribution in [2.75, 3.05) is 0 Å². The van der Waals surface area contributed by atoms with E-state index in [1.807, 2.05) is 0 Å². The molecule has 0 aromatic rings. The van der Waals surface area contributed by atoms with Crippen molar-refractivity contribution in [2.45, 2.75) is 89.4 Å². The molecule has 0 rings (SSSR count). The first-order valence-electron chi connectivity index (χ1n) is 7.50. The molecule has 2 atom stereocenters. The van der Waals surface area contributed by atoms with Crippen LogP contribution in [0.5, 0.6) is 0 Å². The summed E-state index contributed by atoms with van der Waals surface area (Å²) in [6, 6.07) is 0. The van der Waals surface area contributed by atoms with Crippen molar-refractivity contribution in [1.29, 1.82) is 0 Å². The van der Waals surface area contributed by atoms with E-state index in [-0.39, 0.29) is 57.8 Å². The second-order valence-corrected chi connectivity index (χ2v) is 7.25. The summed E-state index contributed by atoms with van der Waals surface area (Å²) in [4.78, 5) is 0. The van der Waals surface area contributed by atoms with Gasteiger partial charge in [-0.25, -0.2) is 8.42 Å². The number of unbranched alkanes of at least 4 members (excludes halogenated alkanes) is 7. The molecule has 0 bridgehead atoms. The van der Waals surface area contributed by atoms with Crippen molar-refractivity contribution < 1.29 is 69.5 Å². The minimum Gasteiger partial charge on any atom is -0.748 e. The Balaban J connectivity index is 0. The third-order valence-corrected chi connectivity index (χ3v) is 4.67. The molecular weight excluding hydrogens is 303 g/mol. The van der Waals surface area contributed by atoms with Crippen molar-refractivity contribution in [3.63, 3.8) is 0 Å². The zero-order valence-corrected chi connectivity index (χ0v) is 17.2. The summed E-state index contributed by atoms with van der Waals surface area (Å²) in [5, 5.41) is 8.66. The zero-order chi connectivity index (χ0) is 14.7. The molecule has 0 aromatic heterocycles. The number of aliphatic hydroxyl groups is 1. The van der Waals surface area contributed by atoms with Crippen LogP contribution in [0.15, 0.2) is 0 Å². The SMILES string of the molecule is CCCCCCCCCCC(O)CC(C)S(=O)(=O)[O-].[K+]. The van der Waals surface area contributed by atoms with Crippen molar-refractivity contribution in [2.24, 2.45) is 0 Å². The van der Waals surface area contributed by atoms with Gasteiger partial charge < -0.3 is 9.66 Å². The van der Waals surface area contributed by atoms with Gasteiger partial charge in [-0.15, -0.1) is 0 Å². The Bertz CT molecular complexity index is 306. The van der Waals surface area contributed by atoms with Crippen LogP contribution in [0.3, 0.4) is 0 Å². The summed E-state index contributed by atoms with van der Waals surface area (Å²) in [5.74, 6) is 0. The molecule has 0 saturated carbocycles. The van der Waals surface area contributed by atoms with E-state index in [4.69, 9.17) is 0 Å². The molecule has 0 aromatic carbocycles. The third-order valence-electron chi connectivity index (χ3n) is 3.49. The van der Waals surface area contributed by atoms with Crippen molar-refractivity contribution in [1.82, 2.24) is 0 Å². The minimum atomic E-state index is -4.26. The van der Waals surface area contributed by atoms with Crippen molar-refractivity contribution >= 4 is 10.1 Å². The van der Waals surface area contributed by atoms with Gasteiger partial charge in [0.15, 0.2) is 0 Å². The monoisotopic (exact) mass is 332 g/mol. The van der Waals surface area contributed by atoms with Gasteiger partial charge in [-0.1, -0.05) is 58.3 Å². The molecule has 0 heterocycles.